The normalized spacial score (nSPS) is 11.2. The Bertz CT molecular complexity index is 1060. The Morgan fingerprint density at radius 3 is 2.50 bits per heavy atom. The third-order valence-corrected chi connectivity index (χ3v) is 4.93. The molecular formula is C17H11Cl3N6. The molecule has 1 aromatic carbocycles. The molecule has 26 heavy (non-hydrogen) atoms. The van der Waals surface area contributed by atoms with Crippen LogP contribution >= 0.6 is 34.8 Å². The number of nitrogens with zero attached hydrogens (tertiary/aromatic N) is 5. The number of aromatic nitrogens is 5. The lowest BCUT2D eigenvalue weighted by atomic mass is 10.2. The fourth-order valence-corrected chi connectivity index (χ4v) is 3.29. The van der Waals surface area contributed by atoms with Crippen LogP contribution in [-0.2, 0) is 6.54 Å². The quantitative estimate of drug-likeness (QED) is 0.545. The average molecular weight is 406 g/mol. The van der Waals surface area contributed by atoms with Crippen LogP contribution in [0.2, 0.25) is 15.1 Å². The molecule has 0 radical (unpaired) electrons. The van der Waals surface area contributed by atoms with Crippen molar-refractivity contribution in [2.24, 2.45) is 0 Å². The molecule has 2 N–H and O–H groups in total. The molecule has 3 heterocycles. The molecule has 4 rings (SSSR count). The standard InChI is InChI=1S/C17H11Cl3N6/c18-11-2-1-3-12(19)10(11)7-26-8-23-15(21)14-17(26)25-16(24-14)9-6-22-5-4-13(9)20/h1-6,8H,7,21H2. The molecule has 0 atom stereocenters. The van der Waals surface area contributed by atoms with Crippen molar-refractivity contribution in [3.63, 3.8) is 0 Å². The predicted molar refractivity (Wildman–Crippen MR) is 103 cm³/mol. The number of fused-ring (bicyclic) bond motifs is 1. The molecule has 0 saturated heterocycles. The summed E-state index contributed by atoms with van der Waals surface area (Å²) < 4.78 is 1.79. The van der Waals surface area contributed by atoms with E-state index in [1.807, 2.05) is 0 Å². The van der Waals surface area contributed by atoms with Gasteiger partial charge in [0.05, 0.1) is 23.5 Å². The van der Waals surface area contributed by atoms with Gasteiger partial charge in [0.25, 0.3) is 0 Å². The van der Waals surface area contributed by atoms with Crippen LogP contribution in [0.5, 0.6) is 0 Å². The fraction of sp³-hybridized carbons (Fsp3) is 0.0588. The van der Waals surface area contributed by atoms with E-state index in [2.05, 4.69) is 19.9 Å². The number of nitrogen functional groups attached to an aromatic ring is 1. The van der Waals surface area contributed by atoms with E-state index < -0.39 is 0 Å². The van der Waals surface area contributed by atoms with Crippen molar-refractivity contribution in [1.82, 2.24) is 24.5 Å². The Hall–Kier alpha value is -2.41. The molecular weight excluding hydrogens is 395 g/mol. The maximum Gasteiger partial charge on any atom is 0.166 e. The van der Waals surface area contributed by atoms with Crippen LogP contribution in [-0.4, -0.2) is 24.5 Å². The molecule has 0 saturated carbocycles. The van der Waals surface area contributed by atoms with Gasteiger partial charge in [-0.15, -0.1) is 0 Å². The number of hydrogen-bond acceptors (Lipinski definition) is 5. The minimum absolute atomic E-state index is 0.278. The lowest BCUT2D eigenvalue weighted by Gasteiger charge is -2.13. The number of halogens is 3. The first-order valence-electron chi connectivity index (χ1n) is 7.55. The smallest absolute Gasteiger partial charge is 0.166 e. The summed E-state index contributed by atoms with van der Waals surface area (Å²) in [6, 6.07) is 7.03. The van der Waals surface area contributed by atoms with Gasteiger partial charge in [-0.2, -0.15) is 0 Å². The second-order valence-electron chi connectivity index (χ2n) is 5.53. The van der Waals surface area contributed by atoms with E-state index in [0.29, 0.717) is 44.5 Å². The Morgan fingerprint density at radius 2 is 1.77 bits per heavy atom. The summed E-state index contributed by atoms with van der Waals surface area (Å²) in [6.07, 6.45) is 4.79. The zero-order valence-corrected chi connectivity index (χ0v) is 15.5. The highest BCUT2D eigenvalue weighted by Crippen LogP contribution is 2.32. The largest absolute Gasteiger partial charge is 0.382 e. The maximum atomic E-state index is 6.28. The third kappa shape index (κ3) is 2.96. The average Bonchev–Trinajstić information content (AvgIpc) is 3.07. The first-order chi connectivity index (χ1) is 12.5. The van der Waals surface area contributed by atoms with E-state index in [9.17, 15) is 0 Å². The molecule has 2 aliphatic heterocycles. The van der Waals surface area contributed by atoms with Gasteiger partial charge in [0, 0.05) is 28.0 Å². The van der Waals surface area contributed by atoms with Gasteiger partial charge in [0.2, 0.25) is 0 Å². The van der Waals surface area contributed by atoms with Crippen LogP contribution in [0.3, 0.4) is 0 Å². The van der Waals surface area contributed by atoms with Gasteiger partial charge < -0.3 is 10.3 Å². The molecule has 0 unspecified atom stereocenters. The number of benzene rings is 1. The highest BCUT2D eigenvalue weighted by Gasteiger charge is 2.21. The second kappa shape index (κ2) is 6.72. The van der Waals surface area contributed by atoms with Gasteiger partial charge in [-0.1, -0.05) is 40.9 Å². The number of anilines is 1. The summed E-state index contributed by atoms with van der Waals surface area (Å²) >= 11 is 18.8. The number of pyridine rings is 1. The van der Waals surface area contributed by atoms with Gasteiger partial charge in [-0.3, -0.25) is 4.98 Å². The van der Waals surface area contributed by atoms with Gasteiger partial charge >= 0.3 is 0 Å². The lowest BCUT2D eigenvalue weighted by Crippen LogP contribution is -2.09. The number of nitrogens with two attached hydrogens (primary N) is 1. The first kappa shape index (κ1) is 17.0. The van der Waals surface area contributed by atoms with Gasteiger partial charge in [0.15, 0.2) is 23.2 Å². The minimum atomic E-state index is 0.278. The van der Waals surface area contributed by atoms with Crippen LogP contribution in [0.1, 0.15) is 5.56 Å². The fourth-order valence-electron chi connectivity index (χ4n) is 2.59. The number of imidazole rings is 1. The monoisotopic (exact) mass is 404 g/mol. The van der Waals surface area contributed by atoms with E-state index >= 15 is 0 Å². The van der Waals surface area contributed by atoms with Crippen molar-refractivity contribution in [3.05, 3.63) is 63.6 Å². The highest BCUT2D eigenvalue weighted by atomic mass is 35.5. The van der Waals surface area contributed by atoms with Crippen LogP contribution in [0.25, 0.3) is 22.9 Å². The van der Waals surface area contributed by atoms with Crippen molar-refractivity contribution >= 4 is 40.6 Å². The van der Waals surface area contributed by atoms with Crippen molar-refractivity contribution in [2.75, 3.05) is 5.73 Å². The number of rotatable bonds is 3. The van der Waals surface area contributed by atoms with Crippen molar-refractivity contribution in [1.29, 1.82) is 0 Å². The predicted octanol–water partition coefficient (Wildman–Crippen LogP) is 4.43. The Kier molecular flexibility index (Phi) is 4.40. The van der Waals surface area contributed by atoms with E-state index in [1.54, 1.807) is 47.6 Å². The molecule has 130 valence electrons. The van der Waals surface area contributed by atoms with Gasteiger partial charge in [0.1, 0.15) is 0 Å². The van der Waals surface area contributed by atoms with Gasteiger partial charge in [-0.05, 0) is 18.2 Å². The van der Waals surface area contributed by atoms with E-state index in [4.69, 9.17) is 40.5 Å². The van der Waals surface area contributed by atoms with Crippen LogP contribution in [0.4, 0.5) is 5.82 Å². The molecule has 2 aromatic rings. The topological polar surface area (TPSA) is 82.5 Å². The maximum absolute atomic E-state index is 6.28. The molecule has 2 aliphatic rings. The van der Waals surface area contributed by atoms with Crippen molar-refractivity contribution in [2.45, 2.75) is 6.54 Å². The Balaban J connectivity index is 1.85. The first-order valence-corrected chi connectivity index (χ1v) is 8.69. The minimum Gasteiger partial charge on any atom is -0.382 e. The molecule has 0 aliphatic carbocycles. The zero-order chi connectivity index (χ0) is 18.3. The summed E-state index contributed by atoms with van der Waals surface area (Å²) in [6.45, 7) is 0.376. The SMILES string of the molecule is Nc1ncn(Cc2c(Cl)cccc2Cl)c2nc(-c3cnccc3Cl)nc1-2. The zero-order valence-electron chi connectivity index (χ0n) is 13.2. The van der Waals surface area contributed by atoms with Crippen LogP contribution < -0.4 is 5.73 Å². The van der Waals surface area contributed by atoms with Crippen molar-refractivity contribution < 1.29 is 0 Å². The Morgan fingerprint density at radius 1 is 1.00 bits per heavy atom. The van der Waals surface area contributed by atoms with E-state index in [-0.39, 0.29) is 5.82 Å². The molecule has 1 aromatic heterocycles. The summed E-state index contributed by atoms with van der Waals surface area (Å²) in [5.41, 5.74) is 7.84. The van der Waals surface area contributed by atoms with Crippen LogP contribution in [0, 0.1) is 0 Å². The molecule has 0 bridgehead atoms. The van der Waals surface area contributed by atoms with Gasteiger partial charge in [-0.25, -0.2) is 15.0 Å². The summed E-state index contributed by atoms with van der Waals surface area (Å²) in [5, 5.41) is 1.62. The highest BCUT2D eigenvalue weighted by molar-refractivity contribution is 6.36. The van der Waals surface area contributed by atoms with Crippen molar-refractivity contribution in [3.8, 4) is 22.9 Å². The second-order valence-corrected chi connectivity index (χ2v) is 6.75. The van der Waals surface area contributed by atoms with E-state index in [0.717, 1.165) is 5.56 Å². The summed E-state index contributed by atoms with van der Waals surface area (Å²) in [7, 11) is 0. The van der Waals surface area contributed by atoms with E-state index in [1.165, 1.54) is 0 Å². The molecule has 6 nitrogen and oxygen atoms in total. The number of hydrogen-bond donors (Lipinski definition) is 1. The summed E-state index contributed by atoms with van der Waals surface area (Å²) in [4.78, 5) is 17.3. The summed E-state index contributed by atoms with van der Waals surface area (Å²) in [5.74, 6) is 1.26. The molecule has 0 amide bonds. The van der Waals surface area contributed by atoms with Crippen LogP contribution in [0.15, 0.2) is 43.0 Å². The third-order valence-electron chi connectivity index (χ3n) is 3.89. The molecule has 0 fully saturated rings. The lowest BCUT2D eigenvalue weighted by molar-refractivity contribution is 0.763. The Labute approximate surface area is 163 Å². The molecule has 0 spiro atoms. The molecule has 9 heteroatoms.